The van der Waals surface area contributed by atoms with Crippen LogP contribution in [0.1, 0.15) is 51.9 Å². The Hall–Kier alpha value is -0.590. The van der Waals surface area contributed by atoms with Crippen molar-refractivity contribution in [2.45, 2.75) is 63.5 Å². The van der Waals surface area contributed by atoms with Crippen molar-refractivity contribution < 1.29 is 0 Å². The number of hydrogen-bond donors (Lipinski definition) is 1. The van der Waals surface area contributed by atoms with E-state index in [1.54, 1.807) is 0 Å². The molecule has 2 rings (SSSR count). The predicted octanol–water partition coefficient (Wildman–Crippen LogP) is 2.27. The highest BCUT2D eigenvalue weighted by atomic mass is 15.2. The van der Waals surface area contributed by atoms with Crippen LogP contribution in [0.15, 0.2) is 0 Å². The van der Waals surface area contributed by atoms with Gasteiger partial charge in [0.15, 0.2) is 0 Å². The number of hydrogen-bond acceptors (Lipinski definition) is 3. The first-order valence-corrected chi connectivity index (χ1v) is 7.06. The van der Waals surface area contributed by atoms with E-state index in [0.29, 0.717) is 0 Å². The Morgan fingerprint density at radius 1 is 1.29 bits per heavy atom. The Labute approximate surface area is 105 Å². The third-order valence-electron chi connectivity index (χ3n) is 4.53. The van der Waals surface area contributed by atoms with Crippen LogP contribution in [0.2, 0.25) is 0 Å². The summed E-state index contributed by atoms with van der Waals surface area (Å²) in [5.74, 6) is 0.920. The number of likely N-dealkylation sites (tertiary alicyclic amines) is 1. The van der Waals surface area contributed by atoms with Gasteiger partial charge < -0.3 is 10.6 Å². The molecule has 2 fully saturated rings. The average molecular weight is 235 g/mol. The van der Waals surface area contributed by atoms with Gasteiger partial charge in [0.2, 0.25) is 0 Å². The molecule has 0 radical (unpaired) electrons. The number of fused-ring (bicyclic) bond motifs is 1. The molecule has 0 aromatic heterocycles. The second-order valence-corrected chi connectivity index (χ2v) is 6.07. The number of nitrogens with zero attached hydrogens (tertiary/aromatic N) is 2. The zero-order chi connectivity index (χ0) is 12.3. The molecule has 3 heteroatoms. The van der Waals surface area contributed by atoms with Crippen molar-refractivity contribution in [1.29, 1.82) is 5.26 Å². The minimum Gasteiger partial charge on any atom is -0.314 e. The fourth-order valence-corrected chi connectivity index (χ4v) is 3.44. The Morgan fingerprint density at radius 3 is 2.76 bits per heavy atom. The van der Waals surface area contributed by atoms with Crippen LogP contribution in [0.4, 0.5) is 0 Å². The highest BCUT2D eigenvalue weighted by molar-refractivity contribution is 5.01. The molecule has 3 atom stereocenters. The Balaban J connectivity index is 1.89. The van der Waals surface area contributed by atoms with Crippen molar-refractivity contribution in [2.75, 3.05) is 13.1 Å². The van der Waals surface area contributed by atoms with Gasteiger partial charge in [0.05, 0.1) is 6.07 Å². The van der Waals surface area contributed by atoms with Crippen molar-refractivity contribution in [3.63, 3.8) is 0 Å². The standard InChI is InChI=1S/C14H25N3/c1-14(16,11-15)8-10-17-9-4-6-12-5-2-3-7-13(12)17/h12-13H,2-10,16H2,1H3. The van der Waals surface area contributed by atoms with Crippen LogP contribution < -0.4 is 5.73 Å². The van der Waals surface area contributed by atoms with Crippen LogP contribution in [0.25, 0.3) is 0 Å². The van der Waals surface area contributed by atoms with Gasteiger partial charge in [-0.25, -0.2) is 0 Å². The lowest BCUT2D eigenvalue weighted by atomic mass is 9.78. The maximum Gasteiger partial charge on any atom is 0.102 e. The molecular formula is C14H25N3. The minimum atomic E-state index is -0.651. The maximum atomic E-state index is 8.96. The van der Waals surface area contributed by atoms with E-state index in [-0.39, 0.29) is 0 Å². The van der Waals surface area contributed by atoms with Gasteiger partial charge in [0.1, 0.15) is 5.54 Å². The van der Waals surface area contributed by atoms with Crippen molar-refractivity contribution in [3.05, 3.63) is 0 Å². The summed E-state index contributed by atoms with van der Waals surface area (Å²) >= 11 is 0. The molecule has 0 aromatic carbocycles. The Kier molecular flexibility index (Phi) is 4.06. The molecule has 0 aromatic rings. The monoisotopic (exact) mass is 235 g/mol. The molecule has 1 aliphatic carbocycles. The predicted molar refractivity (Wildman–Crippen MR) is 69.4 cm³/mol. The maximum absolute atomic E-state index is 8.96. The SMILES string of the molecule is CC(N)(C#N)CCN1CCCC2CCCCC21. The van der Waals surface area contributed by atoms with E-state index in [2.05, 4.69) is 11.0 Å². The van der Waals surface area contributed by atoms with Crippen molar-refractivity contribution >= 4 is 0 Å². The lowest BCUT2D eigenvalue weighted by Crippen LogP contribution is -2.49. The van der Waals surface area contributed by atoms with E-state index in [0.717, 1.165) is 24.9 Å². The highest BCUT2D eigenvalue weighted by Gasteiger charge is 2.33. The van der Waals surface area contributed by atoms with E-state index in [1.807, 2.05) is 6.92 Å². The normalized spacial score (nSPS) is 33.5. The van der Waals surface area contributed by atoms with Gasteiger partial charge in [0, 0.05) is 12.6 Å². The van der Waals surface area contributed by atoms with E-state index >= 15 is 0 Å². The molecule has 0 amide bonds. The molecule has 96 valence electrons. The Morgan fingerprint density at radius 2 is 2.00 bits per heavy atom. The summed E-state index contributed by atoms with van der Waals surface area (Å²) in [5, 5.41) is 8.96. The minimum absolute atomic E-state index is 0.651. The fourth-order valence-electron chi connectivity index (χ4n) is 3.44. The summed E-state index contributed by atoms with van der Waals surface area (Å²) in [6.07, 6.45) is 9.12. The first kappa shape index (κ1) is 12.9. The molecule has 0 bridgehead atoms. The van der Waals surface area contributed by atoms with Crippen molar-refractivity contribution in [2.24, 2.45) is 11.7 Å². The number of rotatable bonds is 3. The van der Waals surface area contributed by atoms with E-state index in [1.165, 1.54) is 45.1 Å². The zero-order valence-electron chi connectivity index (χ0n) is 11.0. The van der Waals surface area contributed by atoms with E-state index in [4.69, 9.17) is 11.0 Å². The lowest BCUT2D eigenvalue weighted by Gasteiger charge is -2.44. The van der Waals surface area contributed by atoms with Gasteiger partial charge in [0.25, 0.3) is 0 Å². The van der Waals surface area contributed by atoms with Crippen LogP contribution >= 0.6 is 0 Å². The molecular weight excluding hydrogens is 210 g/mol. The van der Waals surface area contributed by atoms with Gasteiger partial charge in [-0.2, -0.15) is 5.26 Å². The number of piperidine rings is 1. The third-order valence-corrected chi connectivity index (χ3v) is 4.53. The first-order valence-electron chi connectivity index (χ1n) is 7.06. The molecule has 1 saturated heterocycles. The second kappa shape index (κ2) is 5.37. The fraction of sp³-hybridized carbons (Fsp3) is 0.929. The third kappa shape index (κ3) is 3.20. The van der Waals surface area contributed by atoms with Crippen LogP contribution in [-0.4, -0.2) is 29.6 Å². The van der Waals surface area contributed by atoms with E-state index < -0.39 is 5.54 Å². The molecule has 1 aliphatic heterocycles. The van der Waals surface area contributed by atoms with Crippen molar-refractivity contribution in [1.82, 2.24) is 4.90 Å². The van der Waals surface area contributed by atoms with Gasteiger partial charge in [-0.15, -0.1) is 0 Å². The van der Waals surface area contributed by atoms with Crippen molar-refractivity contribution in [3.8, 4) is 6.07 Å². The van der Waals surface area contributed by atoms with Gasteiger partial charge in [-0.3, -0.25) is 0 Å². The summed E-state index contributed by atoms with van der Waals surface area (Å²) < 4.78 is 0. The van der Waals surface area contributed by atoms with Crippen LogP contribution in [0.5, 0.6) is 0 Å². The quantitative estimate of drug-likeness (QED) is 0.816. The molecule has 3 unspecified atom stereocenters. The zero-order valence-corrected chi connectivity index (χ0v) is 11.0. The van der Waals surface area contributed by atoms with Crippen LogP contribution in [0, 0.1) is 17.2 Å². The highest BCUT2D eigenvalue weighted by Crippen LogP contribution is 2.35. The molecule has 2 aliphatic rings. The molecule has 3 nitrogen and oxygen atoms in total. The summed E-state index contributed by atoms with van der Waals surface area (Å²) in [6, 6.07) is 2.99. The van der Waals surface area contributed by atoms with E-state index in [9.17, 15) is 0 Å². The number of nitriles is 1. The smallest absolute Gasteiger partial charge is 0.102 e. The first-order chi connectivity index (χ1) is 8.12. The largest absolute Gasteiger partial charge is 0.314 e. The van der Waals surface area contributed by atoms with Crippen LogP contribution in [0.3, 0.4) is 0 Å². The summed E-state index contributed by atoms with van der Waals surface area (Å²) in [4.78, 5) is 2.61. The molecule has 17 heavy (non-hydrogen) atoms. The summed E-state index contributed by atoms with van der Waals surface area (Å²) in [7, 11) is 0. The summed E-state index contributed by atoms with van der Waals surface area (Å²) in [6.45, 7) is 4.06. The molecule has 0 spiro atoms. The number of nitrogens with two attached hydrogens (primary N) is 1. The topological polar surface area (TPSA) is 53.1 Å². The molecule has 1 saturated carbocycles. The van der Waals surface area contributed by atoms with Gasteiger partial charge in [-0.05, 0) is 51.5 Å². The lowest BCUT2D eigenvalue weighted by molar-refractivity contribution is 0.0572. The Bertz CT molecular complexity index is 290. The molecule has 1 heterocycles. The molecule has 2 N–H and O–H groups in total. The van der Waals surface area contributed by atoms with Crippen LogP contribution in [-0.2, 0) is 0 Å². The van der Waals surface area contributed by atoms with Gasteiger partial charge >= 0.3 is 0 Å². The van der Waals surface area contributed by atoms with Gasteiger partial charge in [-0.1, -0.05) is 12.8 Å². The summed E-state index contributed by atoms with van der Waals surface area (Å²) in [5.41, 5.74) is 5.26. The average Bonchev–Trinajstić information content (AvgIpc) is 2.36. The second-order valence-electron chi connectivity index (χ2n) is 6.07.